The predicted octanol–water partition coefficient (Wildman–Crippen LogP) is 1.79. The number of nitrogens with zero attached hydrogens (tertiary/aromatic N) is 1. The number of nitrogens with one attached hydrogen (secondary N) is 1. The van der Waals surface area contributed by atoms with Crippen LogP contribution in [-0.4, -0.2) is 43.0 Å². The van der Waals surface area contributed by atoms with Crippen molar-refractivity contribution in [3.63, 3.8) is 0 Å². The second kappa shape index (κ2) is 7.68. The Morgan fingerprint density at radius 1 is 1.29 bits per heavy atom. The molecule has 0 radical (unpaired) electrons. The van der Waals surface area contributed by atoms with Crippen LogP contribution in [-0.2, 0) is 14.3 Å². The summed E-state index contributed by atoms with van der Waals surface area (Å²) in [7, 11) is 1.25. The molecule has 0 fully saturated rings. The maximum atomic E-state index is 13.4. The van der Waals surface area contributed by atoms with E-state index in [1.54, 1.807) is 18.7 Å². The van der Waals surface area contributed by atoms with Crippen LogP contribution in [0.3, 0.4) is 0 Å². The third-order valence-corrected chi connectivity index (χ3v) is 2.84. The van der Waals surface area contributed by atoms with E-state index in [2.05, 4.69) is 10.1 Å². The molecule has 0 atom stereocenters. The van der Waals surface area contributed by atoms with Gasteiger partial charge in [0.15, 0.2) is 0 Å². The van der Waals surface area contributed by atoms with Crippen molar-refractivity contribution in [1.29, 1.82) is 0 Å². The standard InChI is InChI=1S/C14H18F2N2O3/c1-9(2)18(8-14(20)21-3)7-13(19)17-12-6-10(15)4-5-11(12)16/h4-6,9H,7-8H2,1-3H3,(H,17,19). The molecule has 0 spiro atoms. The minimum atomic E-state index is -0.728. The van der Waals surface area contributed by atoms with Crippen LogP contribution in [0, 0.1) is 11.6 Å². The zero-order chi connectivity index (χ0) is 16.0. The quantitative estimate of drug-likeness (QED) is 0.814. The van der Waals surface area contributed by atoms with Crippen molar-refractivity contribution in [2.75, 3.05) is 25.5 Å². The van der Waals surface area contributed by atoms with Crippen LogP contribution >= 0.6 is 0 Å². The molecule has 0 bridgehead atoms. The Morgan fingerprint density at radius 2 is 1.95 bits per heavy atom. The van der Waals surface area contributed by atoms with Crippen LogP contribution in [0.1, 0.15) is 13.8 Å². The van der Waals surface area contributed by atoms with E-state index in [1.165, 1.54) is 7.11 Å². The van der Waals surface area contributed by atoms with Gasteiger partial charge in [0.2, 0.25) is 5.91 Å². The van der Waals surface area contributed by atoms with Crippen LogP contribution in [0.15, 0.2) is 18.2 Å². The molecule has 0 aliphatic heterocycles. The smallest absolute Gasteiger partial charge is 0.319 e. The highest BCUT2D eigenvalue weighted by Crippen LogP contribution is 2.15. The van der Waals surface area contributed by atoms with Crippen LogP contribution in [0.4, 0.5) is 14.5 Å². The normalized spacial score (nSPS) is 10.8. The lowest BCUT2D eigenvalue weighted by molar-refractivity contribution is -0.142. The van der Waals surface area contributed by atoms with Gasteiger partial charge in [-0.25, -0.2) is 8.78 Å². The summed E-state index contributed by atoms with van der Waals surface area (Å²) in [5.74, 6) is -2.40. The monoisotopic (exact) mass is 300 g/mol. The molecule has 0 aliphatic carbocycles. The van der Waals surface area contributed by atoms with Gasteiger partial charge in [0.05, 0.1) is 25.9 Å². The second-order valence-corrected chi connectivity index (χ2v) is 4.75. The molecule has 0 aliphatic rings. The molecule has 0 aromatic heterocycles. The number of rotatable bonds is 6. The summed E-state index contributed by atoms with van der Waals surface area (Å²) in [6, 6.07) is 2.70. The summed E-state index contributed by atoms with van der Waals surface area (Å²) in [5, 5.41) is 2.28. The summed E-state index contributed by atoms with van der Waals surface area (Å²) >= 11 is 0. The largest absolute Gasteiger partial charge is 0.468 e. The van der Waals surface area contributed by atoms with Crippen molar-refractivity contribution in [2.24, 2.45) is 0 Å². The predicted molar refractivity (Wildman–Crippen MR) is 73.7 cm³/mol. The minimum absolute atomic E-state index is 0.0623. The first-order valence-electron chi connectivity index (χ1n) is 6.39. The van der Waals surface area contributed by atoms with Gasteiger partial charge in [-0.15, -0.1) is 0 Å². The molecule has 116 valence electrons. The first-order valence-corrected chi connectivity index (χ1v) is 6.39. The van der Waals surface area contributed by atoms with Crippen molar-refractivity contribution >= 4 is 17.6 Å². The van der Waals surface area contributed by atoms with E-state index >= 15 is 0 Å². The van der Waals surface area contributed by atoms with Crippen LogP contribution < -0.4 is 5.32 Å². The van der Waals surface area contributed by atoms with Gasteiger partial charge >= 0.3 is 5.97 Å². The number of halogens is 2. The average Bonchev–Trinajstić information content (AvgIpc) is 2.41. The van der Waals surface area contributed by atoms with Gasteiger partial charge in [-0.3, -0.25) is 14.5 Å². The summed E-state index contributed by atoms with van der Waals surface area (Å²) in [6.45, 7) is 3.41. The number of hydrogen-bond acceptors (Lipinski definition) is 4. The summed E-state index contributed by atoms with van der Waals surface area (Å²) in [6.07, 6.45) is 0. The first kappa shape index (κ1) is 17.0. The van der Waals surface area contributed by atoms with E-state index in [9.17, 15) is 18.4 Å². The summed E-state index contributed by atoms with van der Waals surface area (Å²) in [4.78, 5) is 24.7. The molecule has 1 aromatic carbocycles. The van der Waals surface area contributed by atoms with Crippen molar-refractivity contribution in [2.45, 2.75) is 19.9 Å². The fourth-order valence-electron chi connectivity index (χ4n) is 1.62. The molecule has 1 rings (SSSR count). The Balaban J connectivity index is 2.69. The van der Waals surface area contributed by atoms with E-state index in [4.69, 9.17) is 0 Å². The lowest BCUT2D eigenvalue weighted by Gasteiger charge is -2.24. The molecule has 1 aromatic rings. The van der Waals surface area contributed by atoms with Crippen LogP contribution in [0.2, 0.25) is 0 Å². The average molecular weight is 300 g/mol. The van der Waals surface area contributed by atoms with Crippen molar-refractivity contribution in [1.82, 2.24) is 4.90 Å². The number of anilines is 1. The van der Waals surface area contributed by atoms with Gasteiger partial charge < -0.3 is 10.1 Å². The minimum Gasteiger partial charge on any atom is -0.468 e. The molecule has 0 saturated heterocycles. The zero-order valence-electron chi connectivity index (χ0n) is 12.2. The molecule has 0 saturated carbocycles. The van der Waals surface area contributed by atoms with Gasteiger partial charge in [-0.2, -0.15) is 0 Å². The Bertz CT molecular complexity index is 521. The Kier molecular flexibility index (Phi) is 6.23. The molecule has 0 unspecified atom stereocenters. The highest BCUT2D eigenvalue weighted by atomic mass is 19.1. The molecular formula is C14H18F2N2O3. The lowest BCUT2D eigenvalue weighted by Crippen LogP contribution is -2.41. The fourth-order valence-corrected chi connectivity index (χ4v) is 1.62. The maximum absolute atomic E-state index is 13.4. The van der Waals surface area contributed by atoms with Gasteiger partial charge in [0.1, 0.15) is 11.6 Å². The van der Waals surface area contributed by atoms with E-state index in [1.807, 2.05) is 0 Å². The topological polar surface area (TPSA) is 58.6 Å². The SMILES string of the molecule is COC(=O)CN(CC(=O)Nc1cc(F)ccc1F)C(C)C. The number of carbonyl (C=O) groups excluding carboxylic acids is 2. The van der Waals surface area contributed by atoms with E-state index in [-0.39, 0.29) is 24.8 Å². The third-order valence-electron chi connectivity index (χ3n) is 2.84. The third kappa shape index (κ3) is 5.47. The molecular weight excluding hydrogens is 282 g/mol. The van der Waals surface area contributed by atoms with Gasteiger partial charge in [0, 0.05) is 12.1 Å². The van der Waals surface area contributed by atoms with E-state index in [0.717, 1.165) is 18.2 Å². The number of methoxy groups -OCH3 is 1. The number of benzene rings is 1. The zero-order valence-corrected chi connectivity index (χ0v) is 12.2. The molecule has 7 heteroatoms. The Morgan fingerprint density at radius 3 is 2.52 bits per heavy atom. The van der Waals surface area contributed by atoms with E-state index in [0.29, 0.717) is 0 Å². The van der Waals surface area contributed by atoms with Crippen molar-refractivity contribution in [3.8, 4) is 0 Å². The van der Waals surface area contributed by atoms with Gasteiger partial charge in [-0.1, -0.05) is 0 Å². The summed E-state index contributed by atoms with van der Waals surface area (Å²) in [5.41, 5.74) is -0.234. The van der Waals surface area contributed by atoms with Crippen LogP contribution in [0.5, 0.6) is 0 Å². The van der Waals surface area contributed by atoms with Gasteiger partial charge in [0.25, 0.3) is 0 Å². The Labute approximate surface area is 121 Å². The second-order valence-electron chi connectivity index (χ2n) is 4.75. The number of esters is 1. The highest BCUT2D eigenvalue weighted by Gasteiger charge is 2.18. The molecule has 0 heterocycles. The maximum Gasteiger partial charge on any atom is 0.319 e. The highest BCUT2D eigenvalue weighted by molar-refractivity contribution is 5.92. The summed E-state index contributed by atoms with van der Waals surface area (Å²) < 4.78 is 31.0. The molecule has 1 N–H and O–H groups in total. The molecule has 1 amide bonds. The van der Waals surface area contributed by atoms with Crippen LogP contribution in [0.25, 0.3) is 0 Å². The number of amides is 1. The van der Waals surface area contributed by atoms with Crippen molar-refractivity contribution in [3.05, 3.63) is 29.8 Å². The number of carbonyl (C=O) groups is 2. The number of ether oxygens (including phenoxy) is 1. The Hall–Kier alpha value is -2.02. The first-order chi connectivity index (χ1) is 9.83. The van der Waals surface area contributed by atoms with Crippen molar-refractivity contribution < 1.29 is 23.1 Å². The molecule has 5 nitrogen and oxygen atoms in total. The number of hydrogen-bond donors (Lipinski definition) is 1. The fraction of sp³-hybridized carbons (Fsp3) is 0.429. The van der Waals surface area contributed by atoms with E-state index < -0.39 is 23.5 Å². The lowest BCUT2D eigenvalue weighted by atomic mass is 10.2. The van der Waals surface area contributed by atoms with Gasteiger partial charge in [-0.05, 0) is 26.0 Å². The molecule has 21 heavy (non-hydrogen) atoms.